The number of H-pyrrole nitrogens is 1. The van der Waals surface area contributed by atoms with E-state index >= 15 is 0 Å². The Morgan fingerprint density at radius 3 is 2.24 bits per heavy atom. The Labute approximate surface area is 203 Å². The molecule has 2 aromatic carbocycles. The number of nitrogens with zero attached hydrogens (tertiary/aromatic N) is 3. The number of benzene rings is 2. The predicted molar refractivity (Wildman–Crippen MR) is 140 cm³/mol. The van der Waals surface area contributed by atoms with Crippen molar-refractivity contribution in [3.63, 3.8) is 0 Å². The molecule has 0 fully saturated rings. The van der Waals surface area contributed by atoms with Gasteiger partial charge in [-0.1, -0.05) is 44.2 Å². The van der Waals surface area contributed by atoms with Crippen LogP contribution in [0.5, 0.6) is 0 Å². The summed E-state index contributed by atoms with van der Waals surface area (Å²) < 4.78 is 0. The summed E-state index contributed by atoms with van der Waals surface area (Å²) in [5.41, 5.74) is 4.48. The van der Waals surface area contributed by atoms with Crippen molar-refractivity contribution in [1.82, 2.24) is 14.8 Å². The van der Waals surface area contributed by atoms with Gasteiger partial charge in [-0.05, 0) is 49.6 Å². The highest BCUT2D eigenvalue weighted by Crippen LogP contribution is 2.20. The van der Waals surface area contributed by atoms with Gasteiger partial charge >= 0.3 is 0 Å². The summed E-state index contributed by atoms with van der Waals surface area (Å²) in [6.07, 6.45) is 2.77. The molecule has 0 saturated carbocycles. The van der Waals surface area contributed by atoms with Crippen LogP contribution >= 0.6 is 0 Å². The standard InChI is InChI=1S/C28H38N4O2/c1-20(2)28(34)32(21(3)4)19-27(33)31(18-22-11-13-24(14-12-22)30(5)6)16-15-23-17-29-26-10-8-7-9-25(23)26/h7-14,17,20-21,29H,15-16,18-19H2,1-6H3. The van der Waals surface area contributed by atoms with E-state index < -0.39 is 0 Å². The van der Waals surface area contributed by atoms with E-state index in [0.717, 1.165) is 23.2 Å². The van der Waals surface area contributed by atoms with Crippen molar-refractivity contribution in [2.45, 2.75) is 46.7 Å². The number of anilines is 1. The van der Waals surface area contributed by atoms with Gasteiger partial charge in [0, 0.05) is 61.9 Å². The summed E-state index contributed by atoms with van der Waals surface area (Å²) in [4.78, 5) is 35.2. The van der Waals surface area contributed by atoms with Crippen LogP contribution in [0.3, 0.4) is 0 Å². The van der Waals surface area contributed by atoms with Crippen molar-refractivity contribution in [2.24, 2.45) is 5.92 Å². The maximum atomic E-state index is 13.5. The van der Waals surface area contributed by atoms with Gasteiger partial charge in [0.25, 0.3) is 0 Å². The van der Waals surface area contributed by atoms with Gasteiger partial charge in [-0.3, -0.25) is 9.59 Å². The van der Waals surface area contributed by atoms with Crippen LogP contribution in [0, 0.1) is 5.92 Å². The Balaban J connectivity index is 1.81. The third kappa shape index (κ3) is 6.19. The maximum absolute atomic E-state index is 13.5. The molecule has 34 heavy (non-hydrogen) atoms. The van der Waals surface area contributed by atoms with Crippen LogP contribution in [0.25, 0.3) is 10.9 Å². The summed E-state index contributed by atoms with van der Waals surface area (Å²) >= 11 is 0. The zero-order chi connectivity index (χ0) is 24.8. The van der Waals surface area contributed by atoms with E-state index in [1.54, 1.807) is 4.90 Å². The Bertz CT molecular complexity index is 1100. The number of nitrogens with one attached hydrogen (secondary N) is 1. The molecule has 0 saturated heterocycles. The van der Waals surface area contributed by atoms with E-state index in [0.29, 0.717) is 13.1 Å². The summed E-state index contributed by atoms with van der Waals surface area (Å²) in [7, 11) is 4.02. The molecule has 0 aliphatic heterocycles. The fourth-order valence-electron chi connectivity index (χ4n) is 4.10. The Kier molecular flexibility index (Phi) is 8.37. The molecule has 0 bridgehead atoms. The van der Waals surface area contributed by atoms with Crippen molar-refractivity contribution in [3.8, 4) is 0 Å². The normalized spacial score (nSPS) is 11.3. The van der Waals surface area contributed by atoms with Crippen LogP contribution in [0.2, 0.25) is 0 Å². The van der Waals surface area contributed by atoms with E-state index in [9.17, 15) is 9.59 Å². The van der Waals surface area contributed by atoms with Crippen LogP contribution in [0.4, 0.5) is 5.69 Å². The number of rotatable bonds is 10. The van der Waals surface area contributed by atoms with Crippen LogP contribution in [-0.4, -0.2) is 59.8 Å². The quantitative estimate of drug-likeness (QED) is 0.475. The van der Waals surface area contributed by atoms with Crippen LogP contribution in [0.15, 0.2) is 54.7 Å². The lowest BCUT2D eigenvalue weighted by Crippen LogP contribution is -2.47. The summed E-state index contributed by atoms with van der Waals surface area (Å²) in [6.45, 7) is 8.87. The predicted octanol–water partition coefficient (Wildman–Crippen LogP) is 4.70. The van der Waals surface area contributed by atoms with E-state index in [4.69, 9.17) is 0 Å². The SMILES string of the molecule is CC(C)C(=O)N(CC(=O)N(CCc1c[nH]c2ccccc12)Cc1ccc(N(C)C)cc1)C(C)C. The third-order valence-electron chi connectivity index (χ3n) is 6.21. The lowest BCUT2D eigenvalue weighted by Gasteiger charge is -2.31. The monoisotopic (exact) mass is 462 g/mol. The molecule has 0 aliphatic rings. The minimum atomic E-state index is -0.145. The molecule has 0 radical (unpaired) electrons. The lowest BCUT2D eigenvalue weighted by molar-refractivity contribution is -0.144. The number of hydrogen-bond donors (Lipinski definition) is 1. The smallest absolute Gasteiger partial charge is 0.242 e. The van der Waals surface area contributed by atoms with Gasteiger partial charge < -0.3 is 19.7 Å². The number of aromatic amines is 1. The van der Waals surface area contributed by atoms with Gasteiger partial charge in [-0.25, -0.2) is 0 Å². The van der Waals surface area contributed by atoms with E-state index in [2.05, 4.69) is 46.3 Å². The molecule has 1 heterocycles. The zero-order valence-electron chi connectivity index (χ0n) is 21.3. The zero-order valence-corrected chi connectivity index (χ0v) is 21.3. The molecule has 0 unspecified atom stereocenters. The van der Waals surface area contributed by atoms with Crippen molar-refractivity contribution < 1.29 is 9.59 Å². The second-order valence-electron chi connectivity index (χ2n) is 9.70. The highest BCUT2D eigenvalue weighted by Gasteiger charge is 2.25. The molecule has 6 heteroatoms. The van der Waals surface area contributed by atoms with Crippen molar-refractivity contribution >= 4 is 28.4 Å². The van der Waals surface area contributed by atoms with E-state index in [1.165, 1.54) is 10.9 Å². The van der Waals surface area contributed by atoms with E-state index in [-0.39, 0.29) is 30.3 Å². The molecule has 1 N–H and O–H groups in total. The largest absolute Gasteiger partial charge is 0.378 e. The first kappa shape index (κ1) is 25.3. The minimum Gasteiger partial charge on any atom is -0.378 e. The average Bonchev–Trinajstić information content (AvgIpc) is 3.22. The molecular weight excluding hydrogens is 424 g/mol. The number of carbonyl (C=O) groups excluding carboxylic acids is 2. The number of para-hydroxylation sites is 1. The molecule has 182 valence electrons. The van der Waals surface area contributed by atoms with Gasteiger partial charge in [-0.2, -0.15) is 0 Å². The minimum absolute atomic E-state index is 0.00950. The molecule has 3 aromatic rings. The first-order valence-electron chi connectivity index (χ1n) is 12.1. The molecule has 1 aromatic heterocycles. The van der Waals surface area contributed by atoms with Crippen molar-refractivity contribution in [2.75, 3.05) is 32.1 Å². The lowest BCUT2D eigenvalue weighted by atomic mass is 10.1. The maximum Gasteiger partial charge on any atom is 0.242 e. The first-order chi connectivity index (χ1) is 16.2. The first-order valence-corrected chi connectivity index (χ1v) is 12.1. The molecule has 6 nitrogen and oxygen atoms in total. The van der Waals surface area contributed by atoms with Gasteiger partial charge in [0.05, 0.1) is 6.54 Å². The van der Waals surface area contributed by atoms with E-state index in [1.807, 2.05) is 65.0 Å². The fraction of sp³-hybridized carbons (Fsp3) is 0.429. The number of carbonyl (C=O) groups is 2. The van der Waals surface area contributed by atoms with Gasteiger partial charge in [-0.15, -0.1) is 0 Å². The topological polar surface area (TPSA) is 59.7 Å². The summed E-state index contributed by atoms with van der Waals surface area (Å²) in [5, 5.41) is 1.18. The van der Waals surface area contributed by atoms with Crippen molar-refractivity contribution in [3.05, 3.63) is 65.9 Å². The van der Waals surface area contributed by atoms with Crippen LogP contribution in [-0.2, 0) is 22.6 Å². The second kappa shape index (κ2) is 11.2. The Hall–Kier alpha value is -3.28. The number of amides is 2. The Morgan fingerprint density at radius 1 is 0.941 bits per heavy atom. The Morgan fingerprint density at radius 2 is 1.62 bits per heavy atom. The molecular formula is C28H38N4O2. The van der Waals surface area contributed by atoms with Crippen LogP contribution < -0.4 is 4.90 Å². The van der Waals surface area contributed by atoms with Gasteiger partial charge in [0.1, 0.15) is 0 Å². The molecule has 0 atom stereocenters. The molecule has 0 spiro atoms. The second-order valence-corrected chi connectivity index (χ2v) is 9.70. The average molecular weight is 463 g/mol. The third-order valence-corrected chi connectivity index (χ3v) is 6.21. The summed E-state index contributed by atoms with van der Waals surface area (Å²) in [6, 6.07) is 16.5. The highest BCUT2D eigenvalue weighted by molar-refractivity contribution is 5.86. The number of aromatic nitrogens is 1. The summed E-state index contributed by atoms with van der Waals surface area (Å²) in [5.74, 6) is -0.164. The fourth-order valence-corrected chi connectivity index (χ4v) is 4.10. The van der Waals surface area contributed by atoms with Gasteiger partial charge in [0.15, 0.2) is 0 Å². The van der Waals surface area contributed by atoms with Crippen LogP contribution in [0.1, 0.15) is 38.8 Å². The number of hydrogen-bond acceptors (Lipinski definition) is 3. The van der Waals surface area contributed by atoms with Crippen molar-refractivity contribution in [1.29, 1.82) is 0 Å². The number of fused-ring (bicyclic) bond motifs is 1. The van der Waals surface area contributed by atoms with Gasteiger partial charge in [0.2, 0.25) is 11.8 Å². The molecule has 0 aliphatic carbocycles. The molecule has 2 amide bonds. The molecule has 3 rings (SSSR count). The highest BCUT2D eigenvalue weighted by atomic mass is 16.2.